The minimum atomic E-state index is -0.516. The molecule has 1 aromatic heterocycles. The Hall–Kier alpha value is -1.69. The summed E-state index contributed by atoms with van der Waals surface area (Å²) in [5.41, 5.74) is 0. The predicted octanol–water partition coefficient (Wildman–Crippen LogP) is 0.459. The normalized spacial score (nSPS) is 10.2. The van der Waals surface area contributed by atoms with Gasteiger partial charge < -0.3 is 14.0 Å². The number of nitrogens with zero attached hydrogens (tertiary/aromatic N) is 2. The molecule has 1 aromatic rings. The Bertz CT molecular complexity index is 387. The number of aromatic nitrogens is 2. The maximum Gasteiger partial charge on any atom is 0.313 e. The van der Waals surface area contributed by atoms with Gasteiger partial charge in [0, 0.05) is 19.4 Å². The van der Waals surface area contributed by atoms with Gasteiger partial charge in [-0.15, -0.1) is 0 Å². The van der Waals surface area contributed by atoms with Crippen LogP contribution in [0.25, 0.3) is 0 Å². The molecule has 0 spiro atoms. The van der Waals surface area contributed by atoms with Gasteiger partial charge in [-0.25, -0.2) is 4.98 Å². The third-order valence-electron chi connectivity index (χ3n) is 2.06. The molecule has 0 aliphatic heterocycles. The summed E-state index contributed by atoms with van der Waals surface area (Å²) in [5.74, 6) is -0.0790. The molecule has 6 heteroatoms. The predicted molar refractivity (Wildman–Crippen MR) is 59.1 cm³/mol. The quantitative estimate of drug-likeness (QED) is 0.511. The fourth-order valence-electron chi connectivity index (χ4n) is 1.22. The fourth-order valence-corrected chi connectivity index (χ4v) is 1.22. The number of aryl methyl sites for hydroxylation is 1. The van der Waals surface area contributed by atoms with Crippen LogP contribution in [0.3, 0.4) is 0 Å². The van der Waals surface area contributed by atoms with Crippen LogP contribution in [0, 0.1) is 0 Å². The smallest absolute Gasteiger partial charge is 0.313 e. The maximum absolute atomic E-state index is 11.3. The van der Waals surface area contributed by atoms with E-state index in [1.807, 2.05) is 7.05 Å². The van der Waals surface area contributed by atoms with Crippen LogP contribution in [0.1, 0.15) is 19.2 Å². The Kier molecular flexibility index (Phi) is 5.35. The summed E-state index contributed by atoms with van der Waals surface area (Å²) >= 11 is 0. The third-order valence-corrected chi connectivity index (χ3v) is 2.06. The van der Waals surface area contributed by atoms with E-state index in [4.69, 9.17) is 4.74 Å². The molecule has 0 saturated carbocycles. The number of imidazole rings is 1. The van der Waals surface area contributed by atoms with Crippen molar-refractivity contribution in [3.05, 3.63) is 18.2 Å². The highest BCUT2D eigenvalue weighted by Gasteiger charge is 2.10. The molecule has 0 radical (unpaired) electrons. The van der Waals surface area contributed by atoms with Gasteiger partial charge in [-0.3, -0.25) is 9.59 Å². The second-order valence-corrected chi connectivity index (χ2v) is 3.47. The number of carbonyl (C=O) groups is 2. The Labute approximate surface area is 99.5 Å². The van der Waals surface area contributed by atoms with Crippen LogP contribution >= 0.6 is 0 Å². The SMILES string of the molecule is CCOC(=O)CC(=O)COCc1nccn1C. The van der Waals surface area contributed by atoms with Crippen LogP contribution in [0.15, 0.2) is 12.4 Å². The van der Waals surface area contributed by atoms with Crippen molar-refractivity contribution in [3.63, 3.8) is 0 Å². The summed E-state index contributed by atoms with van der Waals surface area (Å²) in [6, 6.07) is 0. The van der Waals surface area contributed by atoms with E-state index in [2.05, 4.69) is 9.72 Å². The van der Waals surface area contributed by atoms with Gasteiger partial charge in [0.05, 0.1) is 6.61 Å². The number of ketones is 1. The average molecular weight is 240 g/mol. The van der Waals surface area contributed by atoms with E-state index >= 15 is 0 Å². The van der Waals surface area contributed by atoms with Crippen molar-refractivity contribution in [2.75, 3.05) is 13.2 Å². The average Bonchev–Trinajstić information content (AvgIpc) is 2.64. The largest absolute Gasteiger partial charge is 0.466 e. The van der Waals surface area contributed by atoms with Gasteiger partial charge in [0.25, 0.3) is 0 Å². The summed E-state index contributed by atoms with van der Waals surface area (Å²) in [4.78, 5) is 26.3. The van der Waals surface area contributed by atoms with Crippen molar-refractivity contribution in [2.45, 2.75) is 20.0 Å². The van der Waals surface area contributed by atoms with Crippen molar-refractivity contribution in [1.29, 1.82) is 0 Å². The van der Waals surface area contributed by atoms with Crippen LogP contribution in [0.4, 0.5) is 0 Å². The molecule has 0 saturated heterocycles. The first-order chi connectivity index (χ1) is 8.13. The highest BCUT2D eigenvalue weighted by atomic mass is 16.5. The summed E-state index contributed by atoms with van der Waals surface area (Å²) in [6.45, 7) is 2.12. The number of ether oxygens (including phenoxy) is 2. The molecule has 0 aliphatic rings. The van der Waals surface area contributed by atoms with E-state index in [0.717, 1.165) is 5.82 Å². The molecule has 0 aliphatic carbocycles. The van der Waals surface area contributed by atoms with Crippen LogP contribution in [-0.4, -0.2) is 34.5 Å². The number of carbonyl (C=O) groups excluding carboxylic acids is 2. The van der Waals surface area contributed by atoms with Crippen LogP contribution < -0.4 is 0 Å². The van der Waals surface area contributed by atoms with Gasteiger partial charge in [0.1, 0.15) is 25.5 Å². The lowest BCUT2D eigenvalue weighted by Crippen LogP contribution is -2.16. The highest BCUT2D eigenvalue weighted by Crippen LogP contribution is 1.97. The third kappa shape index (κ3) is 4.78. The summed E-state index contributed by atoms with van der Waals surface area (Å²) < 4.78 is 11.6. The van der Waals surface area contributed by atoms with E-state index < -0.39 is 5.97 Å². The number of hydrogen-bond donors (Lipinski definition) is 0. The molecule has 0 fully saturated rings. The monoisotopic (exact) mass is 240 g/mol. The summed E-state index contributed by atoms with van der Waals surface area (Å²) in [7, 11) is 1.84. The van der Waals surface area contributed by atoms with Gasteiger partial charge in [-0.1, -0.05) is 0 Å². The molecule has 1 rings (SSSR count). The fraction of sp³-hybridized carbons (Fsp3) is 0.545. The zero-order valence-corrected chi connectivity index (χ0v) is 10.0. The molecule has 0 aromatic carbocycles. The number of rotatable bonds is 7. The Morgan fingerprint density at radius 2 is 2.24 bits per heavy atom. The van der Waals surface area contributed by atoms with Crippen LogP contribution in [-0.2, 0) is 32.7 Å². The minimum absolute atomic E-state index is 0.105. The molecule has 1 heterocycles. The molecule has 0 atom stereocenters. The lowest BCUT2D eigenvalue weighted by Gasteiger charge is -2.04. The van der Waals surface area contributed by atoms with E-state index in [0.29, 0.717) is 0 Å². The standard InChI is InChI=1S/C11H16N2O4/c1-3-17-11(15)6-9(14)7-16-8-10-12-4-5-13(10)2/h4-5H,3,6-8H2,1-2H3. The molecule has 17 heavy (non-hydrogen) atoms. The van der Waals surface area contributed by atoms with Crippen LogP contribution in [0.5, 0.6) is 0 Å². The summed E-state index contributed by atoms with van der Waals surface area (Å²) in [6.07, 6.45) is 3.20. The topological polar surface area (TPSA) is 70.4 Å². The van der Waals surface area contributed by atoms with Crippen molar-refractivity contribution in [1.82, 2.24) is 9.55 Å². The minimum Gasteiger partial charge on any atom is -0.466 e. The molecular formula is C11H16N2O4. The first kappa shape index (κ1) is 13.4. The molecule has 94 valence electrons. The molecule has 0 amide bonds. The van der Waals surface area contributed by atoms with Crippen LogP contribution in [0.2, 0.25) is 0 Å². The van der Waals surface area contributed by atoms with Gasteiger partial charge in [0.15, 0.2) is 5.78 Å². The van der Waals surface area contributed by atoms with Crippen molar-refractivity contribution in [2.24, 2.45) is 7.05 Å². The number of Topliss-reactive ketones (excluding diaryl/α,β-unsaturated/α-hetero) is 1. The second-order valence-electron chi connectivity index (χ2n) is 3.47. The molecule has 6 nitrogen and oxygen atoms in total. The van der Waals surface area contributed by atoms with Gasteiger partial charge in [0.2, 0.25) is 0 Å². The number of esters is 1. The lowest BCUT2D eigenvalue weighted by molar-refractivity contribution is -0.146. The van der Waals surface area contributed by atoms with Crippen molar-refractivity contribution < 1.29 is 19.1 Å². The highest BCUT2D eigenvalue weighted by molar-refractivity contribution is 5.96. The van der Waals surface area contributed by atoms with E-state index in [9.17, 15) is 9.59 Å². The summed E-state index contributed by atoms with van der Waals surface area (Å²) in [5, 5.41) is 0. The first-order valence-electron chi connectivity index (χ1n) is 5.34. The number of hydrogen-bond acceptors (Lipinski definition) is 5. The molecule has 0 N–H and O–H groups in total. The van der Waals surface area contributed by atoms with E-state index in [-0.39, 0.29) is 32.0 Å². The molecule has 0 bridgehead atoms. The second kappa shape index (κ2) is 6.80. The first-order valence-corrected chi connectivity index (χ1v) is 5.34. The van der Waals surface area contributed by atoms with E-state index in [1.165, 1.54) is 0 Å². The Morgan fingerprint density at radius 3 is 2.82 bits per heavy atom. The zero-order chi connectivity index (χ0) is 12.7. The van der Waals surface area contributed by atoms with Gasteiger partial charge in [-0.2, -0.15) is 0 Å². The Morgan fingerprint density at radius 1 is 1.47 bits per heavy atom. The lowest BCUT2D eigenvalue weighted by atomic mass is 10.3. The van der Waals surface area contributed by atoms with E-state index in [1.54, 1.807) is 23.9 Å². The molecular weight excluding hydrogens is 224 g/mol. The van der Waals surface area contributed by atoms with Crippen molar-refractivity contribution >= 4 is 11.8 Å². The van der Waals surface area contributed by atoms with Gasteiger partial charge >= 0.3 is 5.97 Å². The van der Waals surface area contributed by atoms with Gasteiger partial charge in [-0.05, 0) is 6.92 Å². The maximum atomic E-state index is 11.3. The Balaban J connectivity index is 2.21. The molecule has 0 unspecified atom stereocenters. The zero-order valence-electron chi connectivity index (χ0n) is 10.0. The van der Waals surface area contributed by atoms with Crippen molar-refractivity contribution in [3.8, 4) is 0 Å².